The predicted molar refractivity (Wildman–Crippen MR) is 105 cm³/mol. The minimum Gasteiger partial charge on any atom is -0.368 e. The largest absolute Gasteiger partial charge is 0.368 e. The minimum absolute atomic E-state index is 0.258. The topological polar surface area (TPSA) is 80.0 Å². The second-order valence-electron chi connectivity index (χ2n) is 6.36. The monoisotopic (exact) mass is 358 g/mol. The summed E-state index contributed by atoms with van der Waals surface area (Å²) in [5.74, 6) is 2.63. The van der Waals surface area contributed by atoms with Crippen molar-refractivity contribution in [1.82, 2.24) is 19.9 Å². The van der Waals surface area contributed by atoms with Crippen LogP contribution in [0, 0.1) is 0 Å². The van der Waals surface area contributed by atoms with Crippen LogP contribution in [0.15, 0.2) is 24.3 Å². The van der Waals surface area contributed by atoms with Crippen molar-refractivity contribution < 1.29 is 0 Å². The van der Waals surface area contributed by atoms with Crippen molar-refractivity contribution >= 4 is 29.3 Å². The van der Waals surface area contributed by atoms with Crippen molar-refractivity contribution in [3.8, 4) is 0 Å². The lowest BCUT2D eigenvalue weighted by molar-refractivity contribution is 0.199. The lowest BCUT2D eigenvalue weighted by Crippen LogP contribution is -2.44. The Bertz CT molecular complexity index is 722. The average molecular weight is 359 g/mol. The number of nitrogens with zero attached hydrogens (tertiary/aromatic N) is 4. The van der Waals surface area contributed by atoms with Crippen molar-refractivity contribution in [2.45, 2.75) is 45.0 Å². The summed E-state index contributed by atoms with van der Waals surface area (Å²) in [5.41, 5.74) is 8.16. The highest BCUT2D eigenvalue weighted by molar-refractivity contribution is 8.00. The summed E-state index contributed by atoms with van der Waals surface area (Å²) >= 11 is 2.02. The van der Waals surface area contributed by atoms with E-state index in [1.54, 1.807) is 0 Å². The first-order valence-electron chi connectivity index (χ1n) is 8.77. The molecule has 134 valence electrons. The molecule has 0 radical (unpaired) electrons. The molecule has 2 aromatic rings. The molecule has 0 saturated carbocycles. The Morgan fingerprint density at radius 3 is 2.84 bits per heavy atom. The molecule has 1 aromatic heterocycles. The molecule has 1 aromatic carbocycles. The van der Waals surface area contributed by atoms with Gasteiger partial charge >= 0.3 is 0 Å². The molecule has 2 heterocycles. The van der Waals surface area contributed by atoms with E-state index in [1.165, 1.54) is 5.56 Å². The lowest BCUT2D eigenvalue weighted by Gasteiger charge is -2.36. The second kappa shape index (κ2) is 8.01. The van der Waals surface area contributed by atoms with Crippen molar-refractivity contribution in [2.75, 3.05) is 23.3 Å². The van der Waals surface area contributed by atoms with E-state index in [0.717, 1.165) is 30.2 Å². The van der Waals surface area contributed by atoms with Crippen LogP contribution < -0.4 is 11.1 Å². The van der Waals surface area contributed by atoms with E-state index in [-0.39, 0.29) is 5.95 Å². The Morgan fingerprint density at radius 1 is 1.24 bits per heavy atom. The standard InChI is InChI=1S/C18H26N6S/c1-4-14-7-5-6-8-15(14)20-18-22-16(21-17(19)23-18)11-24-9-10-25-13(3)12(24)2/h5-8,12-13H,4,9-11H2,1-3H3,(H3,19,20,21,22,23). The fourth-order valence-corrected chi connectivity index (χ4v) is 4.20. The highest BCUT2D eigenvalue weighted by atomic mass is 32.2. The Labute approximate surface area is 153 Å². The fraction of sp³-hybridized carbons (Fsp3) is 0.500. The number of aryl methyl sites for hydroxylation is 1. The molecular weight excluding hydrogens is 332 g/mol. The number of nitrogen functional groups attached to an aromatic ring is 1. The van der Waals surface area contributed by atoms with Gasteiger partial charge in [0.1, 0.15) is 5.82 Å². The van der Waals surface area contributed by atoms with E-state index in [0.29, 0.717) is 23.8 Å². The van der Waals surface area contributed by atoms with Crippen LogP contribution in [0.4, 0.5) is 17.6 Å². The van der Waals surface area contributed by atoms with Gasteiger partial charge in [-0.05, 0) is 25.0 Å². The average Bonchev–Trinajstić information content (AvgIpc) is 2.59. The maximum atomic E-state index is 5.93. The van der Waals surface area contributed by atoms with E-state index in [2.05, 4.69) is 52.0 Å². The van der Waals surface area contributed by atoms with Gasteiger partial charge in [0.2, 0.25) is 11.9 Å². The summed E-state index contributed by atoms with van der Waals surface area (Å²) in [5, 5.41) is 3.91. The highest BCUT2D eigenvalue weighted by Gasteiger charge is 2.26. The first kappa shape index (κ1) is 17.9. The van der Waals surface area contributed by atoms with E-state index < -0.39 is 0 Å². The van der Waals surface area contributed by atoms with Crippen LogP contribution in [0.2, 0.25) is 0 Å². The van der Waals surface area contributed by atoms with Gasteiger partial charge in [0.25, 0.3) is 0 Å². The lowest BCUT2D eigenvalue weighted by atomic mass is 10.1. The van der Waals surface area contributed by atoms with Gasteiger partial charge in [0.15, 0.2) is 0 Å². The molecule has 0 aliphatic carbocycles. The van der Waals surface area contributed by atoms with Crippen LogP contribution in [-0.4, -0.2) is 43.4 Å². The number of hydrogen-bond acceptors (Lipinski definition) is 7. The van der Waals surface area contributed by atoms with Crippen molar-refractivity contribution in [3.05, 3.63) is 35.7 Å². The van der Waals surface area contributed by atoms with Crippen LogP contribution >= 0.6 is 11.8 Å². The maximum Gasteiger partial charge on any atom is 0.232 e. The number of anilines is 3. The van der Waals surface area contributed by atoms with Gasteiger partial charge in [-0.3, -0.25) is 4.90 Å². The molecule has 7 heteroatoms. The second-order valence-corrected chi connectivity index (χ2v) is 7.84. The first-order chi connectivity index (χ1) is 12.1. The van der Waals surface area contributed by atoms with Gasteiger partial charge in [-0.1, -0.05) is 32.0 Å². The zero-order valence-corrected chi connectivity index (χ0v) is 15.9. The molecule has 1 aliphatic rings. The van der Waals surface area contributed by atoms with E-state index in [1.807, 2.05) is 30.0 Å². The number of thioether (sulfide) groups is 1. The Hall–Kier alpha value is -1.86. The molecular formula is C18H26N6S. The fourth-order valence-electron chi connectivity index (χ4n) is 3.04. The normalized spacial score (nSPS) is 21.2. The summed E-state index contributed by atoms with van der Waals surface area (Å²) in [7, 11) is 0. The highest BCUT2D eigenvalue weighted by Crippen LogP contribution is 2.25. The SMILES string of the molecule is CCc1ccccc1Nc1nc(N)nc(CN2CCSC(C)C2C)n1. The van der Waals surface area contributed by atoms with Crippen LogP contribution in [0.5, 0.6) is 0 Å². The van der Waals surface area contributed by atoms with Gasteiger partial charge in [-0.15, -0.1) is 0 Å². The molecule has 1 saturated heterocycles. The van der Waals surface area contributed by atoms with Crippen LogP contribution in [-0.2, 0) is 13.0 Å². The summed E-state index contributed by atoms with van der Waals surface area (Å²) in [6, 6.07) is 8.66. The predicted octanol–water partition coefficient (Wildman–Crippen LogP) is 3.09. The van der Waals surface area contributed by atoms with Gasteiger partial charge in [0.05, 0.1) is 6.54 Å². The molecule has 0 amide bonds. The molecule has 2 unspecified atom stereocenters. The van der Waals surface area contributed by atoms with E-state index in [4.69, 9.17) is 5.73 Å². The van der Waals surface area contributed by atoms with Gasteiger partial charge in [-0.25, -0.2) is 0 Å². The number of benzene rings is 1. The first-order valence-corrected chi connectivity index (χ1v) is 9.82. The third-order valence-electron chi connectivity index (χ3n) is 4.70. The molecule has 3 N–H and O–H groups in total. The Morgan fingerprint density at radius 2 is 2.04 bits per heavy atom. The molecule has 6 nitrogen and oxygen atoms in total. The number of aromatic nitrogens is 3. The molecule has 0 bridgehead atoms. The summed E-state index contributed by atoms with van der Waals surface area (Å²) in [6.45, 7) is 8.41. The molecule has 3 rings (SSSR count). The smallest absolute Gasteiger partial charge is 0.232 e. The molecule has 2 atom stereocenters. The van der Waals surface area contributed by atoms with Crippen molar-refractivity contribution in [2.24, 2.45) is 0 Å². The summed E-state index contributed by atoms with van der Waals surface area (Å²) < 4.78 is 0. The quantitative estimate of drug-likeness (QED) is 0.850. The number of para-hydroxylation sites is 1. The number of hydrogen-bond donors (Lipinski definition) is 2. The Kier molecular flexibility index (Phi) is 5.75. The number of nitrogens with one attached hydrogen (secondary N) is 1. The van der Waals surface area contributed by atoms with Crippen molar-refractivity contribution in [3.63, 3.8) is 0 Å². The molecule has 25 heavy (non-hydrogen) atoms. The van der Waals surface area contributed by atoms with Gasteiger partial charge < -0.3 is 11.1 Å². The summed E-state index contributed by atoms with van der Waals surface area (Å²) in [4.78, 5) is 15.6. The summed E-state index contributed by atoms with van der Waals surface area (Å²) in [6.07, 6.45) is 0.942. The maximum absolute atomic E-state index is 5.93. The van der Waals surface area contributed by atoms with Gasteiger partial charge in [0, 0.05) is 29.3 Å². The minimum atomic E-state index is 0.258. The van der Waals surface area contributed by atoms with Crippen LogP contribution in [0.25, 0.3) is 0 Å². The zero-order valence-electron chi connectivity index (χ0n) is 15.1. The third kappa shape index (κ3) is 4.41. The molecule has 1 aliphatic heterocycles. The zero-order chi connectivity index (χ0) is 17.8. The van der Waals surface area contributed by atoms with Crippen LogP contribution in [0.3, 0.4) is 0 Å². The number of rotatable bonds is 5. The molecule has 1 fully saturated rings. The third-order valence-corrected chi connectivity index (χ3v) is 6.04. The number of nitrogens with two attached hydrogens (primary N) is 1. The molecule has 0 spiro atoms. The van der Waals surface area contributed by atoms with Crippen molar-refractivity contribution in [1.29, 1.82) is 0 Å². The van der Waals surface area contributed by atoms with Gasteiger partial charge in [-0.2, -0.15) is 26.7 Å². The van der Waals surface area contributed by atoms with Crippen LogP contribution in [0.1, 0.15) is 32.2 Å². The van der Waals surface area contributed by atoms with E-state index >= 15 is 0 Å². The van der Waals surface area contributed by atoms with E-state index in [9.17, 15) is 0 Å². The Balaban J connectivity index is 1.78.